The summed E-state index contributed by atoms with van der Waals surface area (Å²) in [7, 11) is 1.62. The lowest BCUT2D eigenvalue weighted by molar-refractivity contribution is 0.102. The Morgan fingerprint density at radius 1 is 1.17 bits per heavy atom. The fourth-order valence-corrected chi connectivity index (χ4v) is 4.37. The van der Waals surface area contributed by atoms with E-state index in [0.29, 0.717) is 22.9 Å². The number of hydrogen-bond donors (Lipinski definition) is 2. The molecule has 2 aromatic heterocycles. The molecule has 180 valence electrons. The Balaban J connectivity index is 1.37. The van der Waals surface area contributed by atoms with Gasteiger partial charge in [0.25, 0.3) is 11.5 Å². The Labute approximate surface area is 208 Å². The lowest BCUT2D eigenvalue weighted by atomic mass is 10.0. The summed E-state index contributed by atoms with van der Waals surface area (Å²) in [5.74, 6) is 0.530. The van der Waals surface area contributed by atoms with Crippen LogP contribution in [0.3, 0.4) is 0 Å². The van der Waals surface area contributed by atoms with Gasteiger partial charge in [0.15, 0.2) is 0 Å². The van der Waals surface area contributed by atoms with Crippen LogP contribution < -0.4 is 26.1 Å². The summed E-state index contributed by atoms with van der Waals surface area (Å²) in [4.78, 5) is 28.2. The first-order valence-electron chi connectivity index (χ1n) is 11.7. The van der Waals surface area contributed by atoms with Gasteiger partial charge in [-0.25, -0.2) is 4.68 Å². The van der Waals surface area contributed by atoms with Crippen LogP contribution in [-0.2, 0) is 6.42 Å². The van der Waals surface area contributed by atoms with Crippen molar-refractivity contribution in [2.75, 3.05) is 12.4 Å². The summed E-state index contributed by atoms with van der Waals surface area (Å²) >= 11 is 0. The maximum atomic E-state index is 13.1. The molecule has 0 unspecified atom stereocenters. The molecule has 0 aliphatic heterocycles. The quantitative estimate of drug-likeness (QED) is 0.445. The second kappa shape index (κ2) is 9.92. The third-order valence-corrected chi connectivity index (χ3v) is 6.27. The zero-order valence-corrected chi connectivity index (χ0v) is 20.1. The predicted molar refractivity (Wildman–Crippen MR) is 141 cm³/mol. The Kier molecular flexibility index (Phi) is 6.36. The largest absolute Gasteiger partial charge is 0.497 e. The number of benzene rings is 2. The van der Waals surface area contributed by atoms with Crippen molar-refractivity contribution in [3.05, 3.63) is 116 Å². The van der Waals surface area contributed by atoms with Crippen LogP contribution in [0.5, 0.6) is 5.75 Å². The number of carbonyl (C=O) groups is 1. The van der Waals surface area contributed by atoms with E-state index in [4.69, 9.17) is 4.74 Å². The number of carbonyl (C=O) groups excluding carboxylic acids is 1. The molecule has 2 aromatic carbocycles. The molecule has 7 heteroatoms. The van der Waals surface area contributed by atoms with Crippen LogP contribution in [-0.4, -0.2) is 27.8 Å². The zero-order chi connectivity index (χ0) is 25.1. The van der Waals surface area contributed by atoms with Crippen molar-refractivity contribution in [3.8, 4) is 11.4 Å². The zero-order valence-electron chi connectivity index (χ0n) is 20.1. The lowest BCUT2D eigenvalue weighted by Gasteiger charge is -2.09. The number of ether oxygens (including phenoxy) is 1. The number of fused-ring (bicyclic) bond motifs is 1. The monoisotopic (exact) mass is 478 g/mol. The van der Waals surface area contributed by atoms with Gasteiger partial charge in [-0.1, -0.05) is 36.4 Å². The average Bonchev–Trinajstić information content (AvgIpc) is 3.10. The van der Waals surface area contributed by atoms with Gasteiger partial charge in [-0.05, 0) is 72.5 Å². The first-order valence-corrected chi connectivity index (χ1v) is 11.7. The SMILES string of the molecule is COc1ccc(-n2ncc(C(=O)Nc3cccc(Cc4c[nH]c(=O)c5c4=CC=CCC=5)c3)c2C)cc1. The molecular weight excluding hydrogens is 452 g/mol. The first-order chi connectivity index (χ1) is 17.5. The van der Waals surface area contributed by atoms with Gasteiger partial charge in [-0.15, -0.1) is 0 Å². The van der Waals surface area contributed by atoms with Gasteiger partial charge in [0.1, 0.15) is 5.75 Å². The summed E-state index contributed by atoms with van der Waals surface area (Å²) in [5, 5.41) is 9.04. The summed E-state index contributed by atoms with van der Waals surface area (Å²) in [6, 6.07) is 15.2. The second-order valence-electron chi connectivity index (χ2n) is 8.59. The third kappa shape index (κ3) is 4.63. The van der Waals surface area contributed by atoms with E-state index in [1.807, 2.05) is 79.8 Å². The minimum Gasteiger partial charge on any atom is -0.497 e. The van der Waals surface area contributed by atoms with E-state index >= 15 is 0 Å². The van der Waals surface area contributed by atoms with Crippen molar-refractivity contribution >= 4 is 23.7 Å². The Morgan fingerprint density at radius 2 is 2.00 bits per heavy atom. The number of allylic oxidation sites excluding steroid dienone is 2. The molecule has 36 heavy (non-hydrogen) atoms. The molecule has 2 heterocycles. The number of aromatic amines is 1. The molecule has 0 saturated carbocycles. The van der Waals surface area contributed by atoms with Crippen LogP contribution >= 0.6 is 0 Å². The van der Waals surface area contributed by atoms with E-state index in [1.54, 1.807) is 24.2 Å². The number of methoxy groups -OCH3 is 1. The molecule has 4 aromatic rings. The van der Waals surface area contributed by atoms with Gasteiger partial charge >= 0.3 is 0 Å². The van der Waals surface area contributed by atoms with Crippen molar-refractivity contribution < 1.29 is 9.53 Å². The molecule has 1 aliphatic rings. The normalized spacial score (nSPS) is 12.2. The van der Waals surface area contributed by atoms with Crippen LogP contribution in [0, 0.1) is 6.92 Å². The Hall–Kier alpha value is -4.65. The minimum atomic E-state index is -0.226. The highest BCUT2D eigenvalue weighted by atomic mass is 16.5. The molecule has 1 aliphatic carbocycles. The van der Waals surface area contributed by atoms with Crippen LogP contribution in [0.4, 0.5) is 5.69 Å². The molecule has 0 bridgehead atoms. The van der Waals surface area contributed by atoms with Crippen LogP contribution in [0.25, 0.3) is 17.8 Å². The van der Waals surface area contributed by atoms with Crippen LogP contribution in [0.15, 0.2) is 77.9 Å². The number of anilines is 1. The fraction of sp³-hybridized carbons (Fsp3) is 0.138. The molecule has 0 radical (unpaired) electrons. The fourth-order valence-electron chi connectivity index (χ4n) is 4.37. The Morgan fingerprint density at radius 3 is 2.81 bits per heavy atom. The standard InChI is InChI=1S/C29H26N4O3/c1-19-27(18-31-33(19)23-11-13-24(36-2)14-12-23)29(35)32-22-8-6-7-20(16-22)15-21-17-30-28(34)26-10-5-3-4-9-25(21)26/h3-4,6-14,16-18H,5,15H2,1-2H3,(H,30,34)(H,32,35). The number of amides is 1. The highest BCUT2D eigenvalue weighted by Gasteiger charge is 2.16. The maximum absolute atomic E-state index is 13.1. The number of pyridine rings is 1. The van der Waals surface area contributed by atoms with Crippen LogP contribution in [0.1, 0.15) is 33.6 Å². The molecule has 0 fully saturated rings. The van der Waals surface area contributed by atoms with E-state index in [1.165, 1.54) is 0 Å². The number of aromatic nitrogens is 3. The highest BCUT2D eigenvalue weighted by molar-refractivity contribution is 6.05. The number of hydrogen-bond acceptors (Lipinski definition) is 4. The topological polar surface area (TPSA) is 89.0 Å². The van der Waals surface area contributed by atoms with E-state index in [9.17, 15) is 9.59 Å². The van der Waals surface area contributed by atoms with E-state index in [2.05, 4.69) is 15.4 Å². The van der Waals surface area contributed by atoms with Gasteiger partial charge in [-0.2, -0.15) is 5.10 Å². The molecule has 5 rings (SSSR count). The maximum Gasteiger partial charge on any atom is 0.259 e. The van der Waals surface area contributed by atoms with Gasteiger partial charge in [0, 0.05) is 17.1 Å². The third-order valence-electron chi connectivity index (χ3n) is 6.27. The van der Waals surface area contributed by atoms with Crippen molar-refractivity contribution in [1.29, 1.82) is 0 Å². The lowest BCUT2D eigenvalue weighted by Crippen LogP contribution is -2.42. The summed E-state index contributed by atoms with van der Waals surface area (Å²) in [6.07, 6.45) is 12.6. The first kappa shape index (κ1) is 23.1. The molecule has 0 spiro atoms. The van der Waals surface area contributed by atoms with Crippen molar-refractivity contribution in [3.63, 3.8) is 0 Å². The average molecular weight is 479 g/mol. The van der Waals surface area contributed by atoms with Crippen LogP contribution in [0.2, 0.25) is 0 Å². The van der Waals surface area contributed by atoms with Crippen molar-refractivity contribution in [1.82, 2.24) is 14.8 Å². The molecular formula is C29H26N4O3. The second-order valence-corrected chi connectivity index (χ2v) is 8.59. The number of nitrogens with zero attached hydrogens (tertiary/aromatic N) is 2. The highest BCUT2D eigenvalue weighted by Crippen LogP contribution is 2.20. The number of rotatable bonds is 6. The van der Waals surface area contributed by atoms with E-state index in [-0.39, 0.29) is 11.5 Å². The van der Waals surface area contributed by atoms with Crippen molar-refractivity contribution in [2.45, 2.75) is 19.8 Å². The molecule has 2 N–H and O–H groups in total. The summed E-state index contributed by atoms with van der Waals surface area (Å²) < 4.78 is 6.95. The van der Waals surface area contributed by atoms with Gasteiger partial charge in [0.2, 0.25) is 0 Å². The predicted octanol–water partition coefficient (Wildman–Crippen LogP) is 3.24. The summed E-state index contributed by atoms with van der Waals surface area (Å²) in [6.45, 7) is 1.87. The van der Waals surface area contributed by atoms with E-state index in [0.717, 1.165) is 39.9 Å². The number of H-pyrrole nitrogens is 1. The minimum absolute atomic E-state index is 0.0831. The smallest absolute Gasteiger partial charge is 0.259 e. The van der Waals surface area contributed by atoms with E-state index < -0.39 is 0 Å². The molecule has 0 saturated heterocycles. The summed E-state index contributed by atoms with van der Waals surface area (Å²) in [5.41, 5.74) is 4.74. The Bertz CT molecular complexity index is 1640. The van der Waals surface area contributed by atoms with Gasteiger partial charge in [0.05, 0.1) is 30.3 Å². The van der Waals surface area contributed by atoms with Gasteiger partial charge in [-0.3, -0.25) is 9.59 Å². The van der Waals surface area contributed by atoms with Gasteiger partial charge < -0.3 is 15.0 Å². The molecule has 7 nitrogen and oxygen atoms in total. The van der Waals surface area contributed by atoms with Crippen molar-refractivity contribution in [2.24, 2.45) is 0 Å². The molecule has 1 amide bonds. The number of nitrogens with one attached hydrogen (secondary N) is 2. The molecule has 0 atom stereocenters.